The highest BCUT2D eigenvalue weighted by atomic mass is 127. The molecule has 4 rings (SSSR count). The second-order valence-electron chi connectivity index (χ2n) is 6.27. The van der Waals surface area contributed by atoms with Crippen LogP contribution in [0.15, 0.2) is 34.7 Å². The van der Waals surface area contributed by atoms with Gasteiger partial charge in [0, 0.05) is 10.6 Å². The second kappa shape index (κ2) is 8.51. The molecule has 0 saturated heterocycles. The van der Waals surface area contributed by atoms with Crippen molar-refractivity contribution in [3.8, 4) is 22.6 Å². The smallest absolute Gasteiger partial charge is 0.378 e. The van der Waals surface area contributed by atoms with Gasteiger partial charge in [0.25, 0.3) is 0 Å². The number of carboxylic acids is 1. The van der Waals surface area contributed by atoms with Gasteiger partial charge >= 0.3 is 17.1 Å². The number of aromatic hydroxyl groups is 2. The number of hydrogen-bond donors (Lipinski definition) is 3. The van der Waals surface area contributed by atoms with Crippen molar-refractivity contribution in [2.75, 3.05) is 0 Å². The van der Waals surface area contributed by atoms with Crippen molar-refractivity contribution in [1.29, 1.82) is 0 Å². The molecule has 5 nitrogen and oxygen atoms in total. The summed E-state index contributed by atoms with van der Waals surface area (Å²) in [6, 6.07) is 8.24. The minimum absolute atomic E-state index is 0.0486. The van der Waals surface area contributed by atoms with Crippen molar-refractivity contribution in [1.82, 2.24) is 0 Å². The van der Waals surface area contributed by atoms with E-state index in [1.54, 1.807) is 24.3 Å². The first-order valence-electron chi connectivity index (χ1n) is 8.12. The second-order valence-corrected chi connectivity index (χ2v) is 11.2. The van der Waals surface area contributed by atoms with Crippen LogP contribution in [0, 0.1) is 14.3 Å². The van der Waals surface area contributed by atoms with Gasteiger partial charge in [0.2, 0.25) is 0 Å². The molecule has 152 valence electrons. The molecule has 30 heavy (non-hydrogen) atoms. The van der Waals surface area contributed by atoms with Gasteiger partial charge in [-0.3, -0.25) is 0 Å². The molecule has 0 aliphatic carbocycles. The Balaban J connectivity index is 2.34. The highest BCUT2D eigenvalue weighted by Crippen LogP contribution is 2.46. The number of aromatic carboxylic acids is 1. The first-order valence-corrected chi connectivity index (χ1v) is 12.8. The lowest BCUT2D eigenvalue weighted by Gasteiger charge is -2.12. The van der Waals surface area contributed by atoms with E-state index in [4.69, 9.17) is 16.0 Å². The van der Waals surface area contributed by atoms with Gasteiger partial charge in [-0.25, -0.2) is 9.21 Å². The van der Waals surface area contributed by atoms with Gasteiger partial charge in [-0.1, -0.05) is 17.7 Å². The number of benzene rings is 3. The predicted octanol–water partition coefficient (Wildman–Crippen LogP) is 7.72. The van der Waals surface area contributed by atoms with E-state index in [1.807, 2.05) is 90.4 Å². The molecule has 3 N–H and O–H groups in total. The van der Waals surface area contributed by atoms with Gasteiger partial charge in [0.1, 0.15) is 0 Å². The molecule has 0 aliphatic heterocycles. The van der Waals surface area contributed by atoms with E-state index in [0.29, 0.717) is 52.4 Å². The third-order valence-corrected chi connectivity index (χ3v) is 8.40. The lowest BCUT2D eigenvalue weighted by Crippen LogP contribution is -2.01. The third-order valence-electron chi connectivity index (χ3n) is 4.52. The maximum atomic E-state index is 12.0. The van der Waals surface area contributed by atoms with Crippen LogP contribution >= 0.6 is 102 Å². The Labute approximate surface area is 229 Å². The molecule has 0 bridgehead atoms. The monoisotopic (exact) mass is 871 g/mol. The quantitative estimate of drug-likeness (QED) is 0.109. The fourth-order valence-electron chi connectivity index (χ4n) is 3.20. The van der Waals surface area contributed by atoms with Gasteiger partial charge in [-0.15, -0.1) is 0 Å². The predicted molar refractivity (Wildman–Crippen MR) is 150 cm³/mol. The Morgan fingerprint density at radius 2 is 1.37 bits per heavy atom. The molecular weight excluding hydrogens is 863 g/mol. The maximum absolute atomic E-state index is 12.0. The van der Waals surface area contributed by atoms with Crippen LogP contribution in [0.25, 0.3) is 33.1 Å². The van der Waals surface area contributed by atoms with Crippen molar-refractivity contribution in [2.45, 2.75) is 0 Å². The number of phenols is 2. The van der Waals surface area contributed by atoms with Crippen molar-refractivity contribution in [3.63, 3.8) is 0 Å². The van der Waals surface area contributed by atoms with Crippen molar-refractivity contribution >= 4 is 130 Å². The highest BCUT2D eigenvalue weighted by molar-refractivity contribution is 14.1. The van der Waals surface area contributed by atoms with Crippen LogP contribution in [0.3, 0.4) is 0 Å². The lowest BCUT2D eigenvalue weighted by molar-refractivity contribution is 0.0697. The summed E-state index contributed by atoms with van der Waals surface area (Å²) in [6.07, 6.45) is 0. The van der Waals surface area contributed by atoms with E-state index >= 15 is 0 Å². The zero-order valence-corrected chi connectivity index (χ0v) is 23.8. The third kappa shape index (κ3) is 3.71. The lowest BCUT2D eigenvalue weighted by atomic mass is 9.93. The molecule has 0 unspecified atom stereocenters. The number of phenolic OH excluding ortho intramolecular Hbond substituents is 2. The van der Waals surface area contributed by atoms with E-state index in [-0.39, 0.29) is 17.1 Å². The van der Waals surface area contributed by atoms with Crippen molar-refractivity contribution < 1.29 is 24.5 Å². The zero-order valence-electron chi connectivity index (χ0n) is 14.4. The summed E-state index contributed by atoms with van der Waals surface area (Å²) < 4.78 is 8.36. The molecule has 1 aromatic heterocycles. The summed E-state index contributed by atoms with van der Waals surface area (Å²) in [5, 5.41) is 32.3. The molecule has 10 heteroatoms. The minimum atomic E-state index is -1.11. The summed E-state index contributed by atoms with van der Waals surface area (Å²) >= 11 is 14.1. The summed E-state index contributed by atoms with van der Waals surface area (Å²) in [4.78, 5) is 12.0. The first-order chi connectivity index (χ1) is 14.1. The van der Waals surface area contributed by atoms with Crippen molar-refractivity contribution in [3.05, 3.63) is 55.2 Å². The molecule has 1 heterocycles. The van der Waals surface area contributed by atoms with Gasteiger partial charge in [-0.05, 0) is 120 Å². The topological polar surface area (TPSA) is 89.1 Å². The Kier molecular flexibility index (Phi) is 6.47. The molecule has 0 spiro atoms. The number of rotatable bonds is 2. The number of halogens is 5. The van der Waals surface area contributed by atoms with Crippen LogP contribution in [-0.4, -0.2) is 21.3 Å². The molecule has 3 aromatic carbocycles. The van der Waals surface area contributed by atoms with Crippen LogP contribution in [-0.2, 0) is 0 Å². The molecule has 0 amide bonds. The van der Waals surface area contributed by atoms with Crippen LogP contribution in [0.2, 0.25) is 5.02 Å². The normalized spacial score (nSPS) is 11.4. The Hall–Kier alpha value is -0.390. The Morgan fingerprint density at radius 1 is 0.867 bits per heavy atom. The molecule has 0 aliphatic rings. The molecule has 4 aromatic rings. The molecule has 0 saturated carbocycles. The number of carbonyl (C=O) groups is 1. The highest BCUT2D eigenvalue weighted by Gasteiger charge is 2.31. The fourth-order valence-corrected chi connectivity index (χ4v) is 6.95. The van der Waals surface area contributed by atoms with Crippen LogP contribution in [0.4, 0.5) is 0 Å². The summed E-state index contributed by atoms with van der Waals surface area (Å²) in [6.45, 7) is 0. The largest absolute Gasteiger partial charge is 0.505 e. The Bertz CT molecular complexity index is 1330. The molecule has 0 atom stereocenters. The average molecular weight is 871 g/mol. The van der Waals surface area contributed by atoms with E-state index in [9.17, 15) is 20.1 Å². The van der Waals surface area contributed by atoms with Crippen LogP contribution in [0.5, 0.6) is 11.5 Å². The molecule has 0 fully saturated rings. The zero-order chi connectivity index (χ0) is 21.9. The van der Waals surface area contributed by atoms with Gasteiger partial charge < -0.3 is 15.3 Å². The van der Waals surface area contributed by atoms with Gasteiger partial charge in [-0.2, -0.15) is 0 Å². The summed E-state index contributed by atoms with van der Waals surface area (Å²) in [5.74, 6) is -0.949. The fraction of sp³-hybridized carbons (Fsp3) is 0. The van der Waals surface area contributed by atoms with E-state index in [1.165, 1.54) is 6.07 Å². The van der Waals surface area contributed by atoms with E-state index in [2.05, 4.69) is 0 Å². The standard InChI is InChI=1S/C20H7ClI4O5/c21-6-1-2-7(8(3-6)20(28)29)13-9-4-11(22)16(26)14(24)18(9)30-19-10(13)5-12(23)17(27)15(19)25/h1-5H,(H2-,26,27,28,29)/p+1. The average Bonchev–Trinajstić information content (AvgIpc) is 2.70. The van der Waals surface area contributed by atoms with E-state index in [0.717, 1.165) is 0 Å². The van der Waals surface area contributed by atoms with Gasteiger partial charge in [0.05, 0.1) is 23.5 Å². The van der Waals surface area contributed by atoms with E-state index < -0.39 is 5.97 Å². The first kappa shape index (κ1) is 22.8. The summed E-state index contributed by atoms with van der Waals surface area (Å²) in [7, 11) is 0. The number of hydrogen-bond acceptors (Lipinski definition) is 3. The van der Waals surface area contributed by atoms with Crippen LogP contribution in [0.1, 0.15) is 10.4 Å². The van der Waals surface area contributed by atoms with Crippen LogP contribution < -0.4 is 0 Å². The number of carboxylic acid groups (broad SMARTS) is 1. The van der Waals surface area contributed by atoms with Gasteiger partial charge in [0.15, 0.2) is 18.6 Å². The molecular formula is C20H8ClI4O5+. The Morgan fingerprint density at radius 3 is 1.83 bits per heavy atom. The summed E-state index contributed by atoms with van der Waals surface area (Å²) in [5.41, 5.74) is 1.95. The number of fused-ring (bicyclic) bond motifs is 2. The SMILES string of the molecule is O=C(O)c1cc(Cl)ccc1-c1c2cc(I)c(O)c(I)c2[o+]c2c(I)c(O)c(I)cc12. The molecule has 0 radical (unpaired) electrons. The van der Waals surface area contributed by atoms with Crippen molar-refractivity contribution in [2.24, 2.45) is 0 Å². The minimum Gasteiger partial charge on any atom is -0.505 e. The maximum Gasteiger partial charge on any atom is 0.378 e.